The first-order chi connectivity index (χ1) is 11.8. The number of para-hydroxylation sites is 1. The predicted octanol–water partition coefficient (Wildman–Crippen LogP) is 1.84. The largest absolute Gasteiger partial charge is 0.481 e. The molecule has 146 valence electrons. The first-order valence-electron chi connectivity index (χ1n) is 8.86. The molecule has 1 unspecified atom stereocenters. The van der Waals surface area contributed by atoms with Crippen LogP contribution in [0.25, 0.3) is 0 Å². The Balaban J connectivity index is 0.00000338. The van der Waals surface area contributed by atoms with E-state index in [1.54, 1.807) is 16.7 Å². The summed E-state index contributed by atoms with van der Waals surface area (Å²) in [5.74, 6) is 0.740. The fourth-order valence-corrected chi connectivity index (χ4v) is 2.83. The maximum absolute atomic E-state index is 12.6. The number of halogens is 1. The Hall–Kier alpha value is -1.79. The summed E-state index contributed by atoms with van der Waals surface area (Å²) in [5, 5.41) is 0. The zero-order valence-electron chi connectivity index (χ0n) is 16.0. The number of piperazine rings is 1. The van der Waals surface area contributed by atoms with Gasteiger partial charge in [-0.3, -0.25) is 9.59 Å². The van der Waals surface area contributed by atoms with Gasteiger partial charge in [-0.2, -0.15) is 0 Å². The van der Waals surface area contributed by atoms with E-state index in [1.807, 2.05) is 45.0 Å². The molecular formula is C19H30ClN3O3. The maximum Gasteiger partial charge on any atom is 0.263 e. The standard InChI is InChI=1S/C19H29N3O3.ClH/c1-13(2)17(20)19(24)22-11-9-21(10-12-22)18(23)15(4)25-16-8-6-5-7-14(16)3;/h5-8,13,15,17H,9-12,20H2,1-4H3;1H/t15?,17-;/m0./s1. The molecule has 2 atom stereocenters. The summed E-state index contributed by atoms with van der Waals surface area (Å²) in [6.45, 7) is 9.65. The lowest BCUT2D eigenvalue weighted by molar-refractivity contribution is -0.144. The molecule has 1 aromatic rings. The van der Waals surface area contributed by atoms with Crippen LogP contribution in [0.4, 0.5) is 0 Å². The molecule has 1 aliphatic heterocycles. The van der Waals surface area contributed by atoms with E-state index < -0.39 is 12.1 Å². The van der Waals surface area contributed by atoms with Crippen molar-refractivity contribution in [2.75, 3.05) is 26.2 Å². The van der Waals surface area contributed by atoms with Crippen LogP contribution in [0, 0.1) is 12.8 Å². The second-order valence-corrected chi connectivity index (χ2v) is 6.95. The highest BCUT2D eigenvalue weighted by Crippen LogP contribution is 2.19. The average molecular weight is 384 g/mol. The van der Waals surface area contributed by atoms with Crippen molar-refractivity contribution < 1.29 is 14.3 Å². The van der Waals surface area contributed by atoms with Gasteiger partial charge in [-0.05, 0) is 31.4 Å². The van der Waals surface area contributed by atoms with Crippen LogP contribution in [0.2, 0.25) is 0 Å². The molecule has 26 heavy (non-hydrogen) atoms. The van der Waals surface area contributed by atoms with Crippen molar-refractivity contribution in [2.24, 2.45) is 11.7 Å². The molecular weight excluding hydrogens is 354 g/mol. The number of nitrogens with zero attached hydrogens (tertiary/aromatic N) is 2. The normalized spacial score (nSPS) is 16.7. The summed E-state index contributed by atoms with van der Waals surface area (Å²) in [5.41, 5.74) is 6.94. The average Bonchev–Trinajstić information content (AvgIpc) is 2.61. The number of hydrogen-bond donors (Lipinski definition) is 1. The minimum Gasteiger partial charge on any atom is -0.481 e. The van der Waals surface area contributed by atoms with Crippen molar-refractivity contribution in [2.45, 2.75) is 39.8 Å². The molecule has 2 rings (SSSR count). The molecule has 0 bridgehead atoms. The predicted molar refractivity (Wildman–Crippen MR) is 104 cm³/mol. The highest BCUT2D eigenvalue weighted by Gasteiger charge is 2.30. The van der Waals surface area contributed by atoms with Gasteiger partial charge >= 0.3 is 0 Å². The fraction of sp³-hybridized carbons (Fsp3) is 0.579. The van der Waals surface area contributed by atoms with Gasteiger partial charge in [0.1, 0.15) is 5.75 Å². The minimum absolute atomic E-state index is 0. The monoisotopic (exact) mass is 383 g/mol. The van der Waals surface area contributed by atoms with E-state index in [9.17, 15) is 9.59 Å². The van der Waals surface area contributed by atoms with Gasteiger partial charge in [-0.15, -0.1) is 12.4 Å². The Bertz CT molecular complexity index is 616. The van der Waals surface area contributed by atoms with Crippen molar-refractivity contribution in [1.82, 2.24) is 9.80 Å². The molecule has 0 aliphatic carbocycles. The number of ether oxygens (including phenoxy) is 1. The zero-order chi connectivity index (χ0) is 18.6. The van der Waals surface area contributed by atoms with Crippen molar-refractivity contribution in [3.8, 4) is 5.75 Å². The van der Waals surface area contributed by atoms with E-state index in [-0.39, 0.29) is 30.1 Å². The molecule has 0 saturated carbocycles. The van der Waals surface area contributed by atoms with Gasteiger partial charge in [0.15, 0.2) is 6.10 Å². The molecule has 0 spiro atoms. The number of nitrogens with two attached hydrogens (primary N) is 1. The van der Waals surface area contributed by atoms with Gasteiger partial charge in [0.25, 0.3) is 5.91 Å². The van der Waals surface area contributed by atoms with Crippen LogP contribution in [0.5, 0.6) is 5.75 Å². The molecule has 0 radical (unpaired) electrons. The fourth-order valence-electron chi connectivity index (χ4n) is 2.83. The SMILES string of the molecule is Cc1ccccc1OC(C)C(=O)N1CCN(C(=O)[C@@H](N)C(C)C)CC1.Cl. The zero-order valence-corrected chi connectivity index (χ0v) is 16.8. The first kappa shape index (κ1) is 22.3. The Kier molecular flexibility index (Phi) is 8.37. The molecule has 7 heteroatoms. The lowest BCUT2D eigenvalue weighted by atomic mass is 10.0. The molecule has 1 aromatic carbocycles. The van der Waals surface area contributed by atoms with Crippen molar-refractivity contribution in [1.29, 1.82) is 0 Å². The lowest BCUT2D eigenvalue weighted by Gasteiger charge is -2.37. The summed E-state index contributed by atoms with van der Waals surface area (Å²) in [7, 11) is 0. The second kappa shape index (κ2) is 9.78. The van der Waals surface area contributed by atoms with Crippen molar-refractivity contribution in [3.05, 3.63) is 29.8 Å². The van der Waals surface area contributed by atoms with Gasteiger partial charge in [-0.25, -0.2) is 0 Å². The van der Waals surface area contributed by atoms with E-state index in [1.165, 1.54) is 0 Å². The van der Waals surface area contributed by atoms with Crippen LogP contribution in [-0.2, 0) is 9.59 Å². The minimum atomic E-state index is -0.554. The van der Waals surface area contributed by atoms with Crippen LogP contribution >= 0.6 is 12.4 Å². The summed E-state index contributed by atoms with van der Waals surface area (Å²) in [6, 6.07) is 7.16. The number of hydrogen-bond acceptors (Lipinski definition) is 4. The highest BCUT2D eigenvalue weighted by molar-refractivity contribution is 5.85. The van der Waals surface area contributed by atoms with Gasteiger partial charge in [-0.1, -0.05) is 32.0 Å². The molecule has 1 saturated heterocycles. The van der Waals surface area contributed by atoms with Gasteiger partial charge in [0.2, 0.25) is 5.91 Å². The third kappa shape index (κ3) is 5.35. The van der Waals surface area contributed by atoms with E-state index in [0.717, 1.165) is 11.3 Å². The number of rotatable bonds is 5. The molecule has 1 heterocycles. The van der Waals surface area contributed by atoms with Crippen LogP contribution < -0.4 is 10.5 Å². The Morgan fingerprint density at radius 3 is 2.00 bits per heavy atom. The van der Waals surface area contributed by atoms with Crippen LogP contribution in [0.15, 0.2) is 24.3 Å². The number of carbonyl (C=O) groups excluding carboxylic acids is 2. The van der Waals surface area contributed by atoms with Crippen LogP contribution in [-0.4, -0.2) is 59.9 Å². The van der Waals surface area contributed by atoms with Gasteiger partial charge in [0.05, 0.1) is 6.04 Å². The van der Waals surface area contributed by atoms with Crippen LogP contribution in [0.3, 0.4) is 0 Å². The molecule has 6 nitrogen and oxygen atoms in total. The number of carbonyl (C=O) groups is 2. The summed E-state index contributed by atoms with van der Waals surface area (Å²) in [4.78, 5) is 28.4. The van der Waals surface area contributed by atoms with E-state index in [4.69, 9.17) is 10.5 Å². The Morgan fingerprint density at radius 1 is 1.00 bits per heavy atom. The molecule has 0 aromatic heterocycles. The molecule has 1 fully saturated rings. The molecule has 2 N–H and O–H groups in total. The number of amides is 2. The van der Waals surface area contributed by atoms with Gasteiger partial charge < -0.3 is 20.3 Å². The molecule has 2 amide bonds. The number of benzene rings is 1. The summed E-state index contributed by atoms with van der Waals surface area (Å²) in [6.07, 6.45) is -0.554. The van der Waals surface area contributed by atoms with E-state index in [0.29, 0.717) is 26.2 Å². The van der Waals surface area contributed by atoms with Crippen molar-refractivity contribution >= 4 is 24.2 Å². The maximum atomic E-state index is 12.6. The summed E-state index contributed by atoms with van der Waals surface area (Å²) < 4.78 is 5.81. The smallest absolute Gasteiger partial charge is 0.263 e. The van der Waals surface area contributed by atoms with Crippen LogP contribution in [0.1, 0.15) is 26.3 Å². The number of aryl methyl sites for hydroxylation is 1. The van der Waals surface area contributed by atoms with Crippen molar-refractivity contribution in [3.63, 3.8) is 0 Å². The third-order valence-electron chi connectivity index (χ3n) is 4.65. The quantitative estimate of drug-likeness (QED) is 0.841. The molecule has 1 aliphatic rings. The lowest BCUT2D eigenvalue weighted by Crippen LogP contribution is -2.56. The highest BCUT2D eigenvalue weighted by atomic mass is 35.5. The third-order valence-corrected chi connectivity index (χ3v) is 4.65. The van der Waals surface area contributed by atoms with E-state index in [2.05, 4.69) is 0 Å². The Labute approximate surface area is 162 Å². The summed E-state index contributed by atoms with van der Waals surface area (Å²) >= 11 is 0. The van der Waals surface area contributed by atoms with E-state index >= 15 is 0 Å². The topological polar surface area (TPSA) is 75.9 Å². The van der Waals surface area contributed by atoms with Gasteiger partial charge in [0, 0.05) is 26.2 Å². The second-order valence-electron chi connectivity index (χ2n) is 6.95. The first-order valence-corrected chi connectivity index (χ1v) is 8.86. The Morgan fingerprint density at radius 2 is 1.50 bits per heavy atom.